The zero-order chi connectivity index (χ0) is 8.10. The van der Waals surface area contributed by atoms with Crippen LogP contribution in [0.5, 0.6) is 0 Å². The molecule has 1 aromatic rings. The molecule has 0 bridgehead atoms. The van der Waals surface area contributed by atoms with E-state index in [0.29, 0.717) is 5.92 Å². The Bertz CT molecular complexity index is 213. The molecule has 0 spiro atoms. The first kappa shape index (κ1) is 8.50. The second-order valence-corrected chi connectivity index (χ2v) is 3.57. The van der Waals surface area contributed by atoms with Crippen LogP contribution in [0, 0.1) is 5.92 Å². The topological polar surface area (TPSA) is 26.0 Å². The van der Waals surface area contributed by atoms with Crippen LogP contribution >= 0.6 is 11.3 Å². The summed E-state index contributed by atoms with van der Waals surface area (Å²) in [6.45, 7) is 2.84. The third-order valence-electron chi connectivity index (χ3n) is 1.50. The zero-order valence-electron chi connectivity index (χ0n) is 6.66. The Labute approximate surface area is 71.5 Å². The molecule has 1 unspecified atom stereocenters. The maximum Gasteiger partial charge on any atom is 0.0267 e. The maximum atomic E-state index is 5.46. The number of rotatable bonds is 3. The minimum Gasteiger partial charge on any atom is -0.330 e. The van der Waals surface area contributed by atoms with Crippen LogP contribution in [-0.4, -0.2) is 6.54 Å². The average Bonchev–Trinajstić information content (AvgIpc) is 2.52. The third-order valence-corrected chi connectivity index (χ3v) is 2.34. The predicted molar refractivity (Wildman–Crippen MR) is 51.6 cm³/mol. The minimum absolute atomic E-state index is 0.483. The van der Waals surface area contributed by atoms with Crippen LogP contribution in [0.3, 0.4) is 0 Å². The van der Waals surface area contributed by atoms with E-state index in [1.54, 1.807) is 11.3 Å². The fourth-order valence-electron chi connectivity index (χ4n) is 0.724. The Kier molecular flexibility index (Phi) is 3.33. The lowest BCUT2D eigenvalue weighted by atomic mass is 10.1. The standard InChI is InChI=1S/C9H13NS/c1-8(7-10)4-5-9-3-2-6-11-9/h2-6,8H,7,10H2,1H3. The minimum atomic E-state index is 0.483. The molecule has 0 amide bonds. The van der Waals surface area contributed by atoms with Crippen molar-refractivity contribution in [2.75, 3.05) is 6.54 Å². The van der Waals surface area contributed by atoms with Gasteiger partial charge in [0.05, 0.1) is 0 Å². The van der Waals surface area contributed by atoms with Crippen molar-refractivity contribution in [3.63, 3.8) is 0 Å². The highest BCUT2D eigenvalue weighted by Gasteiger charge is 1.91. The molecule has 1 rings (SSSR count). The molecule has 0 saturated carbocycles. The van der Waals surface area contributed by atoms with Crippen molar-refractivity contribution in [2.24, 2.45) is 11.7 Å². The van der Waals surface area contributed by atoms with Crippen molar-refractivity contribution < 1.29 is 0 Å². The number of thiophene rings is 1. The molecule has 1 heterocycles. The molecule has 0 aliphatic rings. The molecule has 60 valence electrons. The van der Waals surface area contributed by atoms with Crippen molar-refractivity contribution in [3.8, 4) is 0 Å². The largest absolute Gasteiger partial charge is 0.330 e. The first-order chi connectivity index (χ1) is 5.33. The Balaban J connectivity index is 2.48. The van der Waals surface area contributed by atoms with Crippen LogP contribution in [0.2, 0.25) is 0 Å². The lowest BCUT2D eigenvalue weighted by molar-refractivity contribution is 0.743. The van der Waals surface area contributed by atoms with E-state index >= 15 is 0 Å². The fourth-order valence-corrected chi connectivity index (χ4v) is 1.35. The Morgan fingerprint density at radius 3 is 3.09 bits per heavy atom. The molecule has 0 aliphatic heterocycles. The van der Waals surface area contributed by atoms with Gasteiger partial charge >= 0.3 is 0 Å². The summed E-state index contributed by atoms with van der Waals surface area (Å²) in [5, 5.41) is 2.08. The summed E-state index contributed by atoms with van der Waals surface area (Å²) in [5.74, 6) is 0.483. The van der Waals surface area contributed by atoms with Gasteiger partial charge in [0, 0.05) is 4.88 Å². The van der Waals surface area contributed by atoms with E-state index in [-0.39, 0.29) is 0 Å². The third kappa shape index (κ3) is 2.87. The van der Waals surface area contributed by atoms with E-state index in [9.17, 15) is 0 Å². The quantitative estimate of drug-likeness (QED) is 0.734. The van der Waals surface area contributed by atoms with Crippen molar-refractivity contribution >= 4 is 17.4 Å². The summed E-state index contributed by atoms with van der Waals surface area (Å²) in [6.07, 6.45) is 4.27. The van der Waals surface area contributed by atoms with Gasteiger partial charge in [-0.3, -0.25) is 0 Å². The summed E-state index contributed by atoms with van der Waals surface area (Å²) in [7, 11) is 0. The zero-order valence-corrected chi connectivity index (χ0v) is 7.47. The Hall–Kier alpha value is -0.600. The first-order valence-corrected chi connectivity index (χ1v) is 4.62. The summed E-state index contributed by atoms with van der Waals surface area (Å²) >= 11 is 1.75. The fraction of sp³-hybridized carbons (Fsp3) is 0.333. The van der Waals surface area contributed by atoms with Gasteiger partial charge in [0.2, 0.25) is 0 Å². The van der Waals surface area contributed by atoms with E-state index in [1.807, 2.05) is 0 Å². The van der Waals surface area contributed by atoms with Gasteiger partial charge in [-0.25, -0.2) is 0 Å². The molecule has 0 saturated heterocycles. The van der Waals surface area contributed by atoms with Gasteiger partial charge in [-0.05, 0) is 30.0 Å². The van der Waals surface area contributed by atoms with Crippen molar-refractivity contribution in [3.05, 3.63) is 28.5 Å². The van der Waals surface area contributed by atoms with Crippen LogP contribution < -0.4 is 5.73 Å². The molecule has 1 nitrogen and oxygen atoms in total. The summed E-state index contributed by atoms with van der Waals surface area (Å²) < 4.78 is 0. The van der Waals surface area contributed by atoms with Gasteiger partial charge in [-0.15, -0.1) is 11.3 Å². The van der Waals surface area contributed by atoms with E-state index in [2.05, 4.69) is 36.6 Å². The molecule has 1 atom stereocenters. The highest BCUT2D eigenvalue weighted by molar-refractivity contribution is 7.10. The highest BCUT2D eigenvalue weighted by Crippen LogP contribution is 2.11. The maximum absolute atomic E-state index is 5.46. The van der Waals surface area contributed by atoms with Gasteiger partial charge in [0.15, 0.2) is 0 Å². The summed E-state index contributed by atoms with van der Waals surface area (Å²) in [5.41, 5.74) is 5.46. The molecule has 1 aromatic heterocycles. The molecular formula is C9H13NS. The molecule has 2 N–H and O–H groups in total. The molecule has 0 fully saturated rings. The van der Waals surface area contributed by atoms with Crippen molar-refractivity contribution in [1.29, 1.82) is 0 Å². The molecule has 2 heteroatoms. The van der Waals surface area contributed by atoms with Crippen LogP contribution in [0.15, 0.2) is 23.6 Å². The number of nitrogens with two attached hydrogens (primary N) is 1. The van der Waals surface area contributed by atoms with Gasteiger partial charge in [0.1, 0.15) is 0 Å². The average molecular weight is 167 g/mol. The molecule has 0 aromatic carbocycles. The van der Waals surface area contributed by atoms with Crippen LogP contribution in [-0.2, 0) is 0 Å². The summed E-state index contributed by atoms with van der Waals surface area (Å²) in [4.78, 5) is 1.30. The van der Waals surface area contributed by atoms with Gasteiger partial charge < -0.3 is 5.73 Å². The summed E-state index contributed by atoms with van der Waals surface area (Å²) in [6, 6.07) is 4.15. The van der Waals surface area contributed by atoms with E-state index in [1.165, 1.54) is 4.88 Å². The van der Waals surface area contributed by atoms with Crippen LogP contribution in [0.1, 0.15) is 11.8 Å². The van der Waals surface area contributed by atoms with Gasteiger partial charge in [0.25, 0.3) is 0 Å². The van der Waals surface area contributed by atoms with Crippen LogP contribution in [0.4, 0.5) is 0 Å². The van der Waals surface area contributed by atoms with Crippen molar-refractivity contribution in [1.82, 2.24) is 0 Å². The van der Waals surface area contributed by atoms with Gasteiger partial charge in [-0.2, -0.15) is 0 Å². The molecule has 0 aliphatic carbocycles. The molecule has 0 radical (unpaired) electrons. The second kappa shape index (κ2) is 4.31. The highest BCUT2D eigenvalue weighted by atomic mass is 32.1. The Morgan fingerprint density at radius 1 is 1.73 bits per heavy atom. The number of hydrogen-bond donors (Lipinski definition) is 1. The lowest BCUT2D eigenvalue weighted by Crippen LogP contribution is -2.07. The van der Waals surface area contributed by atoms with Crippen molar-refractivity contribution in [2.45, 2.75) is 6.92 Å². The smallest absolute Gasteiger partial charge is 0.0267 e. The monoisotopic (exact) mass is 167 g/mol. The molecule has 11 heavy (non-hydrogen) atoms. The Morgan fingerprint density at radius 2 is 2.55 bits per heavy atom. The lowest BCUT2D eigenvalue weighted by Gasteiger charge is -1.97. The van der Waals surface area contributed by atoms with Gasteiger partial charge in [-0.1, -0.05) is 19.1 Å². The van der Waals surface area contributed by atoms with E-state index in [4.69, 9.17) is 5.73 Å². The molecular weight excluding hydrogens is 154 g/mol. The first-order valence-electron chi connectivity index (χ1n) is 3.74. The van der Waals surface area contributed by atoms with E-state index in [0.717, 1.165) is 6.54 Å². The van der Waals surface area contributed by atoms with Crippen LogP contribution in [0.25, 0.3) is 6.08 Å². The predicted octanol–water partition coefficient (Wildman–Crippen LogP) is 2.36. The van der Waals surface area contributed by atoms with E-state index < -0.39 is 0 Å². The number of hydrogen-bond acceptors (Lipinski definition) is 2. The second-order valence-electron chi connectivity index (χ2n) is 2.59. The normalized spacial score (nSPS) is 14.0. The SMILES string of the molecule is CC(C=Cc1cccs1)CN.